The van der Waals surface area contributed by atoms with Crippen LogP contribution in [0.25, 0.3) is 16.9 Å². The molecule has 0 aliphatic heterocycles. The highest BCUT2D eigenvalue weighted by Crippen LogP contribution is 2.39. The molecule has 4 rings (SSSR count). The molecule has 0 aliphatic carbocycles. The third-order valence-electron chi connectivity index (χ3n) is 5.99. The van der Waals surface area contributed by atoms with Crippen LogP contribution in [0.2, 0.25) is 0 Å². The van der Waals surface area contributed by atoms with Crippen LogP contribution in [0, 0.1) is 13.8 Å². The predicted octanol–water partition coefficient (Wildman–Crippen LogP) is 4.64. The monoisotopic (exact) mass is 554 g/mol. The van der Waals surface area contributed by atoms with Crippen LogP contribution in [0.5, 0.6) is 5.88 Å². The number of halogens is 3. The largest absolute Gasteiger partial charge is 0.465 e. The van der Waals surface area contributed by atoms with E-state index in [0.29, 0.717) is 11.3 Å². The van der Waals surface area contributed by atoms with Gasteiger partial charge in [-0.05, 0) is 50.5 Å². The number of benzene rings is 2. The molecule has 40 heavy (non-hydrogen) atoms. The Morgan fingerprint density at radius 3 is 2.40 bits per heavy atom. The second-order valence-corrected chi connectivity index (χ2v) is 9.21. The van der Waals surface area contributed by atoms with Gasteiger partial charge < -0.3 is 20.9 Å². The number of carbonyl (C=O) groups excluding carboxylic acids is 1. The summed E-state index contributed by atoms with van der Waals surface area (Å²) < 4.78 is 55.0. The van der Waals surface area contributed by atoms with E-state index in [1.165, 1.54) is 16.8 Å². The number of aromatic nitrogens is 4. The van der Waals surface area contributed by atoms with Crippen LogP contribution in [0.3, 0.4) is 0 Å². The van der Waals surface area contributed by atoms with Crippen molar-refractivity contribution in [2.45, 2.75) is 45.5 Å². The van der Waals surface area contributed by atoms with Gasteiger partial charge in [0.15, 0.2) is 0 Å². The minimum atomic E-state index is -4.79. The fourth-order valence-corrected chi connectivity index (χ4v) is 4.10. The Bertz CT molecular complexity index is 1490. The molecule has 2 atom stereocenters. The summed E-state index contributed by atoms with van der Waals surface area (Å²) in [6.07, 6.45) is -5.31. The van der Waals surface area contributed by atoms with E-state index in [9.17, 15) is 18.0 Å². The maximum Gasteiger partial charge on any atom is 0.429 e. The third-order valence-corrected chi connectivity index (χ3v) is 5.99. The van der Waals surface area contributed by atoms with Crippen molar-refractivity contribution in [2.24, 2.45) is 5.73 Å². The first-order valence-electron chi connectivity index (χ1n) is 12.5. The van der Waals surface area contributed by atoms with Crippen molar-refractivity contribution in [3.05, 3.63) is 83.2 Å². The zero-order valence-corrected chi connectivity index (χ0v) is 22.1. The molecule has 0 saturated carbocycles. The maximum absolute atomic E-state index is 14.4. The van der Waals surface area contributed by atoms with Crippen molar-refractivity contribution in [3.63, 3.8) is 0 Å². The van der Waals surface area contributed by atoms with E-state index in [1.807, 2.05) is 0 Å². The number of nitrogens with zero attached hydrogens (tertiary/aromatic N) is 4. The smallest absolute Gasteiger partial charge is 0.429 e. The first kappa shape index (κ1) is 28.6. The Labute approximate surface area is 228 Å². The SMILES string of the molecule is CCOC(=O)[C@@H](N)Cc1ccc(-c2cc(O[C@H](c3ccc(C)cc3-n3ccc(C)n3)C(F)(F)F)nc(N)n2)cc1. The summed E-state index contributed by atoms with van der Waals surface area (Å²) in [7, 11) is 0. The molecule has 2 heterocycles. The van der Waals surface area contributed by atoms with E-state index >= 15 is 0 Å². The van der Waals surface area contributed by atoms with Crippen molar-refractivity contribution in [2.75, 3.05) is 12.3 Å². The molecule has 0 bridgehead atoms. The van der Waals surface area contributed by atoms with Crippen LogP contribution in [0.4, 0.5) is 19.1 Å². The zero-order valence-electron chi connectivity index (χ0n) is 22.1. The normalized spacial score (nSPS) is 13.1. The number of anilines is 1. The summed E-state index contributed by atoms with van der Waals surface area (Å²) in [6.45, 7) is 5.45. The number of carbonyl (C=O) groups is 1. The number of rotatable bonds is 9. The van der Waals surface area contributed by atoms with Crippen LogP contribution in [0.15, 0.2) is 60.8 Å². The second kappa shape index (κ2) is 11.7. The molecule has 2 aromatic carbocycles. The second-order valence-electron chi connectivity index (χ2n) is 9.21. The van der Waals surface area contributed by atoms with Crippen molar-refractivity contribution in [1.82, 2.24) is 19.7 Å². The van der Waals surface area contributed by atoms with Gasteiger partial charge in [0.2, 0.25) is 17.9 Å². The Morgan fingerprint density at radius 2 is 1.77 bits per heavy atom. The summed E-state index contributed by atoms with van der Waals surface area (Å²) in [6, 6.07) is 13.6. The lowest BCUT2D eigenvalue weighted by Crippen LogP contribution is -2.34. The van der Waals surface area contributed by atoms with Crippen molar-refractivity contribution in [3.8, 4) is 22.8 Å². The van der Waals surface area contributed by atoms with Crippen LogP contribution < -0.4 is 16.2 Å². The van der Waals surface area contributed by atoms with E-state index in [-0.39, 0.29) is 41.8 Å². The molecule has 0 spiro atoms. The van der Waals surface area contributed by atoms with Crippen molar-refractivity contribution < 1.29 is 27.4 Å². The number of ether oxygens (including phenoxy) is 2. The van der Waals surface area contributed by atoms with Crippen LogP contribution in [0.1, 0.15) is 35.4 Å². The minimum Gasteiger partial charge on any atom is -0.465 e. The fraction of sp³-hybridized carbons (Fsp3) is 0.286. The molecule has 210 valence electrons. The molecular formula is C28H29F3N6O3. The van der Waals surface area contributed by atoms with Gasteiger partial charge >= 0.3 is 12.1 Å². The van der Waals surface area contributed by atoms with Gasteiger partial charge in [-0.1, -0.05) is 36.4 Å². The molecule has 2 aromatic heterocycles. The van der Waals surface area contributed by atoms with Gasteiger partial charge in [-0.25, -0.2) is 9.67 Å². The highest BCUT2D eigenvalue weighted by molar-refractivity contribution is 5.76. The van der Waals surface area contributed by atoms with Crippen molar-refractivity contribution >= 4 is 11.9 Å². The molecule has 4 N–H and O–H groups in total. The number of nitrogens with two attached hydrogens (primary N) is 2. The molecule has 12 heteroatoms. The quantitative estimate of drug-likeness (QED) is 0.286. The molecule has 4 aromatic rings. The summed E-state index contributed by atoms with van der Waals surface area (Å²) in [5.74, 6) is -1.11. The lowest BCUT2D eigenvalue weighted by Gasteiger charge is -2.24. The van der Waals surface area contributed by atoms with Gasteiger partial charge in [0.25, 0.3) is 0 Å². The first-order chi connectivity index (χ1) is 18.9. The molecule has 0 amide bonds. The van der Waals surface area contributed by atoms with Gasteiger partial charge in [-0.3, -0.25) is 4.79 Å². The number of hydrogen-bond acceptors (Lipinski definition) is 8. The third kappa shape index (κ3) is 6.75. The Hall–Kier alpha value is -4.45. The van der Waals surface area contributed by atoms with Crippen molar-refractivity contribution in [1.29, 1.82) is 0 Å². The van der Waals surface area contributed by atoms with E-state index < -0.39 is 24.3 Å². The average Bonchev–Trinajstić information content (AvgIpc) is 3.33. The number of nitrogen functional groups attached to an aromatic ring is 1. The number of alkyl halides is 3. The topological polar surface area (TPSA) is 131 Å². The maximum atomic E-state index is 14.4. The predicted molar refractivity (Wildman–Crippen MR) is 143 cm³/mol. The fourth-order valence-electron chi connectivity index (χ4n) is 4.10. The van der Waals surface area contributed by atoms with Gasteiger partial charge in [-0.15, -0.1) is 0 Å². The molecule has 0 radical (unpaired) electrons. The van der Waals surface area contributed by atoms with Gasteiger partial charge in [0.1, 0.15) is 6.04 Å². The molecule has 0 fully saturated rings. The van der Waals surface area contributed by atoms with Crippen LogP contribution in [-0.2, 0) is 16.0 Å². The lowest BCUT2D eigenvalue weighted by molar-refractivity contribution is -0.198. The van der Waals surface area contributed by atoms with Crippen LogP contribution >= 0.6 is 0 Å². The number of hydrogen-bond donors (Lipinski definition) is 2. The van der Waals surface area contributed by atoms with E-state index in [1.54, 1.807) is 69.4 Å². The van der Waals surface area contributed by atoms with Gasteiger partial charge in [-0.2, -0.15) is 23.3 Å². The van der Waals surface area contributed by atoms with Crippen LogP contribution in [-0.4, -0.2) is 44.5 Å². The summed E-state index contributed by atoms with van der Waals surface area (Å²) in [4.78, 5) is 19.9. The number of aryl methyl sites for hydroxylation is 2. The molecule has 9 nitrogen and oxygen atoms in total. The molecule has 0 aliphatic rings. The molecule has 0 unspecified atom stereocenters. The Kier molecular flexibility index (Phi) is 8.38. The standard InChI is InChI=1S/C28H29F3N6O3/c1-4-39-26(38)21(32)14-18-6-8-19(9-7-18)22-15-24(35-27(33)34-22)40-25(28(29,30)31)20-10-5-16(2)13-23(20)37-12-11-17(3)36-37/h5-13,15,21,25H,4,14,32H2,1-3H3,(H2,33,34,35)/t21-,25+/m0/s1. The highest BCUT2D eigenvalue weighted by atomic mass is 19.4. The Balaban J connectivity index is 1.64. The minimum absolute atomic E-state index is 0.137. The number of esters is 1. The van der Waals surface area contributed by atoms with E-state index in [0.717, 1.165) is 11.1 Å². The highest BCUT2D eigenvalue weighted by Gasteiger charge is 2.45. The first-order valence-corrected chi connectivity index (χ1v) is 12.5. The van der Waals surface area contributed by atoms with E-state index in [2.05, 4.69) is 15.1 Å². The molecular weight excluding hydrogens is 525 g/mol. The van der Waals surface area contributed by atoms with E-state index in [4.69, 9.17) is 20.9 Å². The molecule has 0 saturated heterocycles. The summed E-state index contributed by atoms with van der Waals surface area (Å²) >= 11 is 0. The summed E-state index contributed by atoms with van der Waals surface area (Å²) in [5.41, 5.74) is 14.8. The van der Waals surface area contributed by atoms with Gasteiger partial charge in [0.05, 0.1) is 23.7 Å². The zero-order chi connectivity index (χ0) is 29.0. The summed E-state index contributed by atoms with van der Waals surface area (Å²) in [5, 5.41) is 4.28. The van der Waals surface area contributed by atoms with Gasteiger partial charge in [0, 0.05) is 23.4 Å². The Morgan fingerprint density at radius 1 is 1.05 bits per heavy atom. The lowest BCUT2D eigenvalue weighted by atomic mass is 10.0. The average molecular weight is 555 g/mol.